The summed E-state index contributed by atoms with van der Waals surface area (Å²) in [6.07, 6.45) is 0. The van der Waals surface area contributed by atoms with Gasteiger partial charge in [-0.3, -0.25) is 0 Å². The molecule has 0 aliphatic heterocycles. The van der Waals surface area contributed by atoms with Gasteiger partial charge in [0.1, 0.15) is 0 Å². The van der Waals surface area contributed by atoms with E-state index in [1.807, 2.05) is 13.8 Å². The van der Waals surface area contributed by atoms with E-state index >= 15 is 0 Å². The summed E-state index contributed by atoms with van der Waals surface area (Å²) >= 11 is 0. The van der Waals surface area contributed by atoms with Crippen LogP contribution in [0.25, 0.3) is 0 Å². The molecule has 0 radical (unpaired) electrons. The smallest absolute Gasteiger partial charge is 0.0701 e. The first-order valence-electron chi connectivity index (χ1n) is 8.51. The highest BCUT2D eigenvalue weighted by atomic mass is 16.6. The molecule has 0 rings (SSSR count). The molecule has 24 heavy (non-hydrogen) atoms. The van der Waals surface area contributed by atoms with Crippen LogP contribution in [0.2, 0.25) is 0 Å². The molecule has 8 nitrogen and oxygen atoms in total. The van der Waals surface area contributed by atoms with Gasteiger partial charge < -0.3 is 38.6 Å². The van der Waals surface area contributed by atoms with Crippen LogP contribution in [0.4, 0.5) is 0 Å². The van der Waals surface area contributed by atoms with E-state index in [2.05, 4.69) is 0 Å². The number of aliphatic hydroxyl groups is 2. The van der Waals surface area contributed by atoms with E-state index in [0.29, 0.717) is 66.1 Å². The fourth-order valence-electron chi connectivity index (χ4n) is 1.30. The van der Waals surface area contributed by atoms with Gasteiger partial charge in [0, 0.05) is 13.2 Å². The second-order valence-electron chi connectivity index (χ2n) is 4.29. The summed E-state index contributed by atoms with van der Waals surface area (Å²) in [5.41, 5.74) is 0. The molecule has 0 amide bonds. The van der Waals surface area contributed by atoms with E-state index < -0.39 is 0 Å². The Balaban J connectivity index is 0. The zero-order valence-electron chi connectivity index (χ0n) is 15.2. The third kappa shape index (κ3) is 29.7. The van der Waals surface area contributed by atoms with Gasteiger partial charge in [-0.05, 0) is 13.8 Å². The van der Waals surface area contributed by atoms with Crippen molar-refractivity contribution in [2.45, 2.75) is 13.8 Å². The van der Waals surface area contributed by atoms with E-state index in [1.54, 1.807) is 0 Å². The van der Waals surface area contributed by atoms with Crippen molar-refractivity contribution >= 4 is 0 Å². The summed E-state index contributed by atoms with van der Waals surface area (Å²) in [7, 11) is 0. The summed E-state index contributed by atoms with van der Waals surface area (Å²) in [4.78, 5) is 0. The first kappa shape index (κ1) is 25.9. The maximum atomic E-state index is 8.36. The third-order valence-electron chi connectivity index (χ3n) is 2.37. The largest absolute Gasteiger partial charge is 0.394 e. The quantitative estimate of drug-likeness (QED) is 0.334. The Bertz CT molecular complexity index is 177. The van der Waals surface area contributed by atoms with Crippen molar-refractivity contribution in [2.24, 2.45) is 0 Å². The Morgan fingerprint density at radius 3 is 0.917 bits per heavy atom. The Morgan fingerprint density at radius 2 is 0.667 bits per heavy atom. The maximum Gasteiger partial charge on any atom is 0.0701 e. The average Bonchev–Trinajstić information content (AvgIpc) is 2.60. The predicted octanol–water partition coefficient (Wildman–Crippen LogP) is 0.0968. The molecule has 0 atom stereocenters. The van der Waals surface area contributed by atoms with E-state index in [4.69, 9.17) is 38.6 Å². The van der Waals surface area contributed by atoms with Crippen LogP contribution >= 0.6 is 0 Å². The topological polar surface area (TPSA) is 95.8 Å². The molecule has 0 aliphatic rings. The summed E-state index contributed by atoms with van der Waals surface area (Å²) in [5, 5.41) is 16.7. The molecule has 2 N–H and O–H groups in total. The van der Waals surface area contributed by atoms with Crippen molar-refractivity contribution in [1.29, 1.82) is 0 Å². The standard InChI is InChI=1S/C8H18O5.C8H18O3/c9-1-3-11-5-7-13-8-6-12-4-2-10;1-3-9-5-7-11-8-6-10-4-2/h9-10H,1-8H2;3-8H2,1-2H3. The lowest BCUT2D eigenvalue weighted by molar-refractivity contribution is 0.00230. The van der Waals surface area contributed by atoms with Crippen LogP contribution in [0.1, 0.15) is 13.8 Å². The first-order chi connectivity index (χ1) is 11.8. The monoisotopic (exact) mass is 356 g/mol. The molecule has 0 fully saturated rings. The Morgan fingerprint density at radius 1 is 0.417 bits per heavy atom. The Hall–Kier alpha value is -0.320. The molecule has 0 saturated carbocycles. The van der Waals surface area contributed by atoms with Crippen LogP contribution in [0.5, 0.6) is 0 Å². The fraction of sp³-hybridized carbons (Fsp3) is 1.00. The van der Waals surface area contributed by atoms with Crippen molar-refractivity contribution in [2.75, 3.05) is 92.5 Å². The summed E-state index contributed by atoms with van der Waals surface area (Å²) in [5.74, 6) is 0. The van der Waals surface area contributed by atoms with Gasteiger partial charge in [0.25, 0.3) is 0 Å². The Labute approximate surface area is 145 Å². The van der Waals surface area contributed by atoms with Gasteiger partial charge in [0.15, 0.2) is 0 Å². The minimum absolute atomic E-state index is 0.0413. The molecule has 0 bridgehead atoms. The van der Waals surface area contributed by atoms with Gasteiger partial charge in [-0.2, -0.15) is 0 Å². The molecule has 0 heterocycles. The van der Waals surface area contributed by atoms with Gasteiger partial charge in [0.2, 0.25) is 0 Å². The van der Waals surface area contributed by atoms with Crippen LogP contribution in [-0.2, 0) is 28.4 Å². The van der Waals surface area contributed by atoms with Crippen molar-refractivity contribution in [3.8, 4) is 0 Å². The van der Waals surface area contributed by atoms with E-state index in [-0.39, 0.29) is 13.2 Å². The zero-order valence-corrected chi connectivity index (χ0v) is 15.2. The number of aliphatic hydroxyl groups excluding tert-OH is 2. The molecule has 0 saturated heterocycles. The van der Waals surface area contributed by atoms with Crippen LogP contribution in [0.3, 0.4) is 0 Å². The number of hydrogen-bond acceptors (Lipinski definition) is 8. The van der Waals surface area contributed by atoms with Crippen molar-refractivity contribution in [1.82, 2.24) is 0 Å². The van der Waals surface area contributed by atoms with Crippen LogP contribution in [0, 0.1) is 0 Å². The second-order valence-corrected chi connectivity index (χ2v) is 4.29. The lowest BCUT2D eigenvalue weighted by atomic mass is 10.7. The molecule has 148 valence electrons. The van der Waals surface area contributed by atoms with Crippen LogP contribution in [0.15, 0.2) is 0 Å². The molecule has 0 aliphatic carbocycles. The van der Waals surface area contributed by atoms with Crippen LogP contribution < -0.4 is 0 Å². The lowest BCUT2D eigenvalue weighted by Gasteiger charge is -2.04. The zero-order chi connectivity index (χ0) is 18.1. The first-order valence-corrected chi connectivity index (χ1v) is 8.51. The molecule has 8 heteroatoms. The molecule has 0 unspecified atom stereocenters. The predicted molar refractivity (Wildman–Crippen MR) is 90.4 cm³/mol. The molecular weight excluding hydrogens is 320 g/mol. The highest BCUT2D eigenvalue weighted by Crippen LogP contribution is 1.81. The molecule has 0 aromatic carbocycles. The van der Waals surface area contributed by atoms with Gasteiger partial charge in [-0.25, -0.2) is 0 Å². The summed E-state index contributed by atoms with van der Waals surface area (Å²) in [6, 6.07) is 0. The average molecular weight is 356 g/mol. The summed E-state index contributed by atoms with van der Waals surface area (Å²) in [6.45, 7) is 10.9. The van der Waals surface area contributed by atoms with E-state index in [1.165, 1.54) is 0 Å². The van der Waals surface area contributed by atoms with Crippen LogP contribution in [-0.4, -0.2) is 103 Å². The SMILES string of the molecule is CCOCCOCCOCC.OCCOCCOCCOCCO. The van der Waals surface area contributed by atoms with E-state index in [9.17, 15) is 0 Å². The molecule has 0 spiro atoms. The van der Waals surface area contributed by atoms with Gasteiger partial charge in [-0.1, -0.05) is 0 Å². The van der Waals surface area contributed by atoms with E-state index in [0.717, 1.165) is 13.2 Å². The third-order valence-corrected chi connectivity index (χ3v) is 2.37. The fourth-order valence-corrected chi connectivity index (χ4v) is 1.30. The minimum Gasteiger partial charge on any atom is -0.394 e. The van der Waals surface area contributed by atoms with Crippen molar-refractivity contribution < 1.29 is 38.6 Å². The normalized spacial score (nSPS) is 10.5. The number of rotatable bonds is 18. The van der Waals surface area contributed by atoms with Gasteiger partial charge >= 0.3 is 0 Å². The highest BCUT2D eigenvalue weighted by Gasteiger charge is 1.90. The van der Waals surface area contributed by atoms with Crippen molar-refractivity contribution in [3.63, 3.8) is 0 Å². The van der Waals surface area contributed by atoms with Gasteiger partial charge in [-0.15, -0.1) is 0 Å². The number of hydrogen-bond donors (Lipinski definition) is 2. The molecule has 0 aromatic heterocycles. The second kappa shape index (κ2) is 27.5. The Kier molecular flexibility index (Phi) is 29.7. The maximum absolute atomic E-state index is 8.36. The highest BCUT2D eigenvalue weighted by molar-refractivity contribution is 4.33. The minimum atomic E-state index is 0.0413. The summed E-state index contributed by atoms with van der Waals surface area (Å²) < 4.78 is 30.4. The lowest BCUT2D eigenvalue weighted by Crippen LogP contribution is -2.11. The molecule has 0 aromatic rings. The van der Waals surface area contributed by atoms with Gasteiger partial charge in [0.05, 0.1) is 79.3 Å². The molecular formula is C16H36O8. The number of ether oxygens (including phenoxy) is 6. The van der Waals surface area contributed by atoms with Crippen molar-refractivity contribution in [3.05, 3.63) is 0 Å².